The third-order valence-electron chi connectivity index (χ3n) is 6.35. The minimum Gasteiger partial charge on any atom is -0.493 e. The molecule has 0 spiro atoms. The number of aryl methyl sites for hydroxylation is 1. The molecule has 0 aliphatic carbocycles. The fraction of sp³-hybridized carbons (Fsp3) is 0.724. The Bertz CT molecular complexity index is 670. The zero-order chi connectivity index (χ0) is 24.9. The van der Waals surface area contributed by atoms with Crippen molar-refractivity contribution in [2.24, 2.45) is 0 Å². The minimum absolute atomic E-state index is 0.296. The first-order chi connectivity index (χ1) is 16.5. The van der Waals surface area contributed by atoms with Crippen LogP contribution < -0.4 is 4.74 Å². The van der Waals surface area contributed by atoms with Crippen LogP contribution in [0, 0.1) is 0 Å². The van der Waals surface area contributed by atoms with E-state index < -0.39 is 11.9 Å². The molecule has 194 valence electrons. The van der Waals surface area contributed by atoms with Crippen LogP contribution in [0.3, 0.4) is 0 Å². The molecular formula is C29H48O5. The highest BCUT2D eigenvalue weighted by molar-refractivity contribution is 5.66. The van der Waals surface area contributed by atoms with E-state index in [1.165, 1.54) is 62.5 Å². The first-order valence-electron chi connectivity index (χ1n) is 13.7. The maximum atomic E-state index is 10.6. The molecule has 5 heteroatoms. The highest BCUT2D eigenvalue weighted by Crippen LogP contribution is 2.27. The Morgan fingerprint density at radius 2 is 1.15 bits per heavy atom. The molecule has 0 aromatic heterocycles. The SMILES string of the molecule is CCCOc1cccc(CCCCCCCCCC(=O)O)c1CCCCCCCCCC(=O)O. The van der Waals surface area contributed by atoms with Gasteiger partial charge < -0.3 is 14.9 Å². The summed E-state index contributed by atoms with van der Waals surface area (Å²) in [6.45, 7) is 2.90. The molecule has 0 aliphatic heterocycles. The summed E-state index contributed by atoms with van der Waals surface area (Å²) in [4.78, 5) is 21.1. The average molecular weight is 477 g/mol. The molecule has 1 aromatic carbocycles. The summed E-state index contributed by atoms with van der Waals surface area (Å²) >= 11 is 0. The lowest BCUT2D eigenvalue weighted by Crippen LogP contribution is -2.03. The number of rotatable bonds is 23. The number of unbranched alkanes of at least 4 members (excludes halogenated alkanes) is 12. The molecule has 0 radical (unpaired) electrons. The largest absolute Gasteiger partial charge is 0.493 e. The molecule has 0 bridgehead atoms. The highest BCUT2D eigenvalue weighted by Gasteiger charge is 2.10. The van der Waals surface area contributed by atoms with Crippen molar-refractivity contribution in [2.75, 3.05) is 6.61 Å². The van der Waals surface area contributed by atoms with E-state index in [-0.39, 0.29) is 0 Å². The van der Waals surface area contributed by atoms with Gasteiger partial charge in [-0.3, -0.25) is 9.59 Å². The smallest absolute Gasteiger partial charge is 0.303 e. The van der Waals surface area contributed by atoms with E-state index in [0.717, 1.165) is 70.1 Å². The van der Waals surface area contributed by atoms with E-state index in [1.807, 2.05) is 0 Å². The van der Waals surface area contributed by atoms with E-state index in [2.05, 4.69) is 25.1 Å². The highest BCUT2D eigenvalue weighted by atomic mass is 16.5. The number of carbonyl (C=O) groups is 2. The normalized spacial score (nSPS) is 11.0. The maximum Gasteiger partial charge on any atom is 0.303 e. The van der Waals surface area contributed by atoms with E-state index in [1.54, 1.807) is 0 Å². The average Bonchev–Trinajstić information content (AvgIpc) is 2.81. The third-order valence-corrected chi connectivity index (χ3v) is 6.35. The number of carboxylic acids is 2. The van der Waals surface area contributed by atoms with Gasteiger partial charge in [0.25, 0.3) is 0 Å². The van der Waals surface area contributed by atoms with Gasteiger partial charge in [0.15, 0.2) is 0 Å². The summed E-state index contributed by atoms with van der Waals surface area (Å²) in [5.74, 6) is -0.312. The minimum atomic E-state index is -0.687. The van der Waals surface area contributed by atoms with E-state index in [4.69, 9.17) is 14.9 Å². The fourth-order valence-corrected chi connectivity index (χ4v) is 4.41. The van der Waals surface area contributed by atoms with Crippen molar-refractivity contribution < 1.29 is 24.5 Å². The zero-order valence-electron chi connectivity index (χ0n) is 21.5. The van der Waals surface area contributed by atoms with Crippen LogP contribution in [0.4, 0.5) is 0 Å². The van der Waals surface area contributed by atoms with Crippen LogP contribution in [-0.4, -0.2) is 28.8 Å². The van der Waals surface area contributed by atoms with Gasteiger partial charge in [0.2, 0.25) is 0 Å². The van der Waals surface area contributed by atoms with Crippen LogP contribution in [0.1, 0.15) is 127 Å². The summed E-state index contributed by atoms with van der Waals surface area (Å²) in [5.41, 5.74) is 2.83. The summed E-state index contributed by atoms with van der Waals surface area (Å²) in [7, 11) is 0. The lowest BCUT2D eigenvalue weighted by molar-refractivity contribution is -0.138. The quantitative estimate of drug-likeness (QED) is 0.156. The second kappa shape index (κ2) is 20.3. The number of aliphatic carboxylic acids is 2. The molecule has 0 fully saturated rings. The number of benzene rings is 1. The van der Waals surface area contributed by atoms with Gasteiger partial charge in [-0.2, -0.15) is 0 Å². The van der Waals surface area contributed by atoms with Gasteiger partial charge in [0.1, 0.15) is 5.75 Å². The Labute approximate surface area is 207 Å². The summed E-state index contributed by atoms with van der Waals surface area (Å²) in [6, 6.07) is 6.51. The molecule has 5 nitrogen and oxygen atoms in total. The van der Waals surface area contributed by atoms with Crippen LogP contribution in [-0.2, 0) is 22.4 Å². The van der Waals surface area contributed by atoms with Crippen molar-refractivity contribution in [3.63, 3.8) is 0 Å². The Hall–Kier alpha value is -2.04. The van der Waals surface area contributed by atoms with Crippen LogP contribution in [0.25, 0.3) is 0 Å². The van der Waals surface area contributed by atoms with Gasteiger partial charge in [-0.25, -0.2) is 0 Å². The van der Waals surface area contributed by atoms with E-state index >= 15 is 0 Å². The Morgan fingerprint density at radius 3 is 1.65 bits per heavy atom. The summed E-state index contributed by atoms with van der Waals surface area (Å²) < 4.78 is 6.08. The predicted molar refractivity (Wildman–Crippen MR) is 139 cm³/mol. The van der Waals surface area contributed by atoms with E-state index in [9.17, 15) is 9.59 Å². The number of hydrogen-bond donors (Lipinski definition) is 2. The predicted octanol–water partition coefficient (Wildman–Crippen LogP) is 7.97. The van der Waals surface area contributed by atoms with Crippen molar-refractivity contribution in [1.29, 1.82) is 0 Å². The van der Waals surface area contributed by atoms with Crippen LogP contribution >= 0.6 is 0 Å². The summed E-state index contributed by atoms with van der Waals surface area (Å²) in [6.07, 6.45) is 19.3. The van der Waals surface area contributed by atoms with Gasteiger partial charge >= 0.3 is 11.9 Å². The Kier molecular flexibility index (Phi) is 17.9. The van der Waals surface area contributed by atoms with Crippen molar-refractivity contribution in [1.82, 2.24) is 0 Å². The molecule has 1 aromatic rings. The monoisotopic (exact) mass is 476 g/mol. The molecule has 34 heavy (non-hydrogen) atoms. The molecule has 0 atom stereocenters. The van der Waals surface area contributed by atoms with Crippen molar-refractivity contribution >= 4 is 11.9 Å². The van der Waals surface area contributed by atoms with Gasteiger partial charge in [0.05, 0.1) is 6.61 Å². The van der Waals surface area contributed by atoms with Crippen LogP contribution in [0.15, 0.2) is 18.2 Å². The lowest BCUT2D eigenvalue weighted by atomic mass is 9.95. The van der Waals surface area contributed by atoms with Crippen molar-refractivity contribution in [3.05, 3.63) is 29.3 Å². The molecule has 1 rings (SSSR count). The number of hydrogen-bond acceptors (Lipinski definition) is 3. The third kappa shape index (κ3) is 15.7. The molecular weight excluding hydrogens is 428 g/mol. The maximum absolute atomic E-state index is 10.6. The first-order valence-corrected chi connectivity index (χ1v) is 13.7. The zero-order valence-corrected chi connectivity index (χ0v) is 21.5. The van der Waals surface area contributed by atoms with Gasteiger partial charge in [0, 0.05) is 12.8 Å². The van der Waals surface area contributed by atoms with Crippen molar-refractivity contribution in [3.8, 4) is 5.75 Å². The van der Waals surface area contributed by atoms with Crippen LogP contribution in [0.2, 0.25) is 0 Å². The van der Waals surface area contributed by atoms with Crippen LogP contribution in [0.5, 0.6) is 5.75 Å². The first kappa shape index (κ1) is 30.0. The topological polar surface area (TPSA) is 83.8 Å². The second-order valence-corrected chi connectivity index (χ2v) is 9.48. The lowest BCUT2D eigenvalue weighted by Gasteiger charge is -2.16. The van der Waals surface area contributed by atoms with Gasteiger partial charge in [-0.15, -0.1) is 0 Å². The Balaban J connectivity index is 2.35. The molecule has 0 aliphatic rings. The number of ether oxygens (including phenoxy) is 1. The molecule has 0 unspecified atom stereocenters. The molecule has 0 saturated carbocycles. The number of carboxylic acid groups (broad SMARTS) is 2. The van der Waals surface area contributed by atoms with Crippen molar-refractivity contribution in [2.45, 2.75) is 129 Å². The molecule has 2 N–H and O–H groups in total. The summed E-state index contributed by atoms with van der Waals surface area (Å²) in [5, 5.41) is 17.4. The molecule has 0 amide bonds. The van der Waals surface area contributed by atoms with Gasteiger partial charge in [-0.1, -0.05) is 83.3 Å². The van der Waals surface area contributed by atoms with E-state index in [0.29, 0.717) is 12.8 Å². The molecule has 0 saturated heterocycles. The fourth-order valence-electron chi connectivity index (χ4n) is 4.41. The van der Waals surface area contributed by atoms with Gasteiger partial charge in [-0.05, 0) is 62.1 Å². The second-order valence-electron chi connectivity index (χ2n) is 9.48. The Morgan fingerprint density at radius 1 is 0.676 bits per heavy atom. The standard InChI is InChI=1S/C29H48O5/c1-2-24-34-27-21-17-19-25(18-13-9-5-3-7-11-15-22-28(30)31)26(27)20-14-10-6-4-8-12-16-23-29(32)33/h17,19,21H,2-16,18,20,22-24H2,1H3,(H,30,31)(H,32,33). The molecule has 0 heterocycles.